The minimum absolute atomic E-state index is 0.403. The van der Waals surface area contributed by atoms with Gasteiger partial charge in [-0.1, -0.05) is 54.2 Å². The van der Waals surface area contributed by atoms with Crippen LogP contribution in [0.2, 0.25) is 0 Å². The third kappa shape index (κ3) is 3.32. The van der Waals surface area contributed by atoms with Gasteiger partial charge >= 0.3 is 0 Å². The van der Waals surface area contributed by atoms with E-state index in [1.807, 2.05) is 43.3 Å². The van der Waals surface area contributed by atoms with Crippen molar-refractivity contribution in [3.05, 3.63) is 64.7 Å². The number of hydrogen-bond donors (Lipinski definition) is 1. The van der Waals surface area contributed by atoms with E-state index in [-0.39, 0.29) is 0 Å². The molecule has 98 valence electrons. The van der Waals surface area contributed by atoms with Crippen molar-refractivity contribution in [2.45, 2.75) is 20.5 Å². The van der Waals surface area contributed by atoms with Gasteiger partial charge in [0.1, 0.15) is 17.3 Å². The lowest BCUT2D eigenvalue weighted by atomic mass is 10.1. The Labute approximate surface area is 119 Å². The first-order chi connectivity index (χ1) is 9.08. The Morgan fingerprint density at radius 1 is 1.16 bits per heavy atom. The molecule has 19 heavy (non-hydrogen) atoms. The summed E-state index contributed by atoms with van der Waals surface area (Å²) in [4.78, 5) is 0.403. The summed E-state index contributed by atoms with van der Waals surface area (Å²) in [6, 6.07) is 13.9. The number of thiocarbonyl (C=S) groups is 1. The Balaban J connectivity index is 2.17. The molecule has 2 aromatic carbocycles. The summed E-state index contributed by atoms with van der Waals surface area (Å²) in [5.41, 5.74) is 9.96. The molecule has 0 fully saturated rings. The van der Waals surface area contributed by atoms with E-state index in [4.69, 9.17) is 22.7 Å². The second-order valence-corrected chi connectivity index (χ2v) is 5.02. The van der Waals surface area contributed by atoms with Crippen LogP contribution < -0.4 is 10.5 Å². The highest BCUT2D eigenvalue weighted by Gasteiger charge is 2.06. The third-order valence-corrected chi connectivity index (χ3v) is 3.22. The van der Waals surface area contributed by atoms with Crippen molar-refractivity contribution in [2.75, 3.05) is 0 Å². The van der Waals surface area contributed by atoms with Gasteiger partial charge in [0.15, 0.2) is 0 Å². The Bertz CT molecular complexity index is 607. The predicted molar refractivity (Wildman–Crippen MR) is 82.6 cm³/mol. The van der Waals surface area contributed by atoms with E-state index in [0.29, 0.717) is 11.6 Å². The van der Waals surface area contributed by atoms with Crippen LogP contribution in [0.25, 0.3) is 0 Å². The summed E-state index contributed by atoms with van der Waals surface area (Å²) in [5, 5.41) is 0. The zero-order valence-corrected chi connectivity index (χ0v) is 12.0. The Hall–Kier alpha value is -1.87. The molecule has 0 amide bonds. The smallest absolute Gasteiger partial charge is 0.122 e. The lowest BCUT2D eigenvalue weighted by Gasteiger charge is -2.12. The standard InChI is InChI=1S/C16H17NOS/c1-11-7-8-15(12(2)9-11)18-10-13-5-3-4-6-14(13)16(17)19/h3-9H,10H2,1-2H3,(H2,17,19). The van der Waals surface area contributed by atoms with Crippen LogP contribution in [0.5, 0.6) is 5.75 Å². The van der Waals surface area contributed by atoms with Gasteiger partial charge in [-0.3, -0.25) is 0 Å². The topological polar surface area (TPSA) is 35.2 Å². The van der Waals surface area contributed by atoms with Crippen molar-refractivity contribution in [1.29, 1.82) is 0 Å². The Morgan fingerprint density at radius 3 is 2.58 bits per heavy atom. The molecule has 3 heteroatoms. The highest BCUT2D eigenvalue weighted by Crippen LogP contribution is 2.20. The van der Waals surface area contributed by atoms with Crippen molar-refractivity contribution in [3.8, 4) is 5.75 Å². The summed E-state index contributed by atoms with van der Waals surface area (Å²) >= 11 is 5.05. The van der Waals surface area contributed by atoms with E-state index < -0.39 is 0 Å². The van der Waals surface area contributed by atoms with Crippen molar-refractivity contribution in [1.82, 2.24) is 0 Å². The maximum absolute atomic E-state index is 5.85. The number of hydrogen-bond acceptors (Lipinski definition) is 2. The molecule has 0 aliphatic carbocycles. The Kier molecular flexibility index (Phi) is 4.17. The van der Waals surface area contributed by atoms with E-state index in [1.54, 1.807) is 0 Å². The second-order valence-electron chi connectivity index (χ2n) is 4.58. The van der Waals surface area contributed by atoms with Gasteiger partial charge in [0.2, 0.25) is 0 Å². The summed E-state index contributed by atoms with van der Waals surface area (Å²) in [6.45, 7) is 4.58. The molecule has 0 saturated heterocycles. The fraction of sp³-hybridized carbons (Fsp3) is 0.188. The molecule has 0 unspecified atom stereocenters. The van der Waals surface area contributed by atoms with Gasteiger partial charge in [-0.2, -0.15) is 0 Å². The largest absolute Gasteiger partial charge is 0.489 e. The molecule has 2 nitrogen and oxygen atoms in total. The molecule has 0 atom stereocenters. The zero-order valence-electron chi connectivity index (χ0n) is 11.1. The van der Waals surface area contributed by atoms with Gasteiger partial charge < -0.3 is 10.5 Å². The highest BCUT2D eigenvalue weighted by atomic mass is 32.1. The van der Waals surface area contributed by atoms with E-state index in [9.17, 15) is 0 Å². The van der Waals surface area contributed by atoms with Crippen LogP contribution in [-0.4, -0.2) is 4.99 Å². The maximum Gasteiger partial charge on any atom is 0.122 e. The molecule has 0 heterocycles. The number of nitrogens with two attached hydrogens (primary N) is 1. The van der Waals surface area contributed by atoms with Crippen molar-refractivity contribution < 1.29 is 4.74 Å². The van der Waals surface area contributed by atoms with Gasteiger partial charge in [-0.05, 0) is 31.0 Å². The Morgan fingerprint density at radius 2 is 1.89 bits per heavy atom. The lowest BCUT2D eigenvalue weighted by Crippen LogP contribution is -2.13. The fourth-order valence-corrected chi connectivity index (χ4v) is 2.20. The van der Waals surface area contributed by atoms with Crippen LogP contribution in [0.3, 0.4) is 0 Å². The molecule has 0 aromatic heterocycles. The number of aryl methyl sites for hydroxylation is 2. The van der Waals surface area contributed by atoms with Crippen molar-refractivity contribution >= 4 is 17.2 Å². The number of rotatable bonds is 4. The number of benzene rings is 2. The van der Waals surface area contributed by atoms with Crippen LogP contribution in [0.1, 0.15) is 22.3 Å². The van der Waals surface area contributed by atoms with Gasteiger partial charge in [-0.25, -0.2) is 0 Å². The maximum atomic E-state index is 5.85. The van der Waals surface area contributed by atoms with Gasteiger partial charge in [0.25, 0.3) is 0 Å². The van der Waals surface area contributed by atoms with Gasteiger partial charge in [0, 0.05) is 5.56 Å². The summed E-state index contributed by atoms with van der Waals surface area (Å²) < 4.78 is 5.85. The fourth-order valence-electron chi connectivity index (χ4n) is 2.00. The first-order valence-corrected chi connectivity index (χ1v) is 6.56. The molecule has 0 aliphatic heterocycles. The molecule has 2 N–H and O–H groups in total. The van der Waals surface area contributed by atoms with E-state index in [2.05, 4.69) is 13.0 Å². The van der Waals surface area contributed by atoms with Crippen LogP contribution in [-0.2, 0) is 6.61 Å². The molecule has 0 bridgehead atoms. The minimum atomic E-state index is 0.403. The van der Waals surface area contributed by atoms with E-state index in [0.717, 1.165) is 22.4 Å². The average Bonchev–Trinajstić information content (AvgIpc) is 2.38. The molecule has 2 rings (SSSR count). The normalized spacial score (nSPS) is 10.2. The second kappa shape index (κ2) is 5.85. The first-order valence-electron chi connectivity index (χ1n) is 6.15. The molecular formula is C16H17NOS. The van der Waals surface area contributed by atoms with Crippen LogP contribution in [0.15, 0.2) is 42.5 Å². The molecule has 0 aliphatic rings. The number of ether oxygens (including phenoxy) is 1. The quantitative estimate of drug-likeness (QED) is 0.864. The highest BCUT2D eigenvalue weighted by molar-refractivity contribution is 7.80. The molecule has 0 radical (unpaired) electrons. The predicted octanol–water partition coefficient (Wildman–Crippen LogP) is 3.52. The third-order valence-electron chi connectivity index (χ3n) is 3.00. The summed E-state index contributed by atoms with van der Waals surface area (Å²) in [7, 11) is 0. The SMILES string of the molecule is Cc1ccc(OCc2ccccc2C(N)=S)c(C)c1. The summed E-state index contributed by atoms with van der Waals surface area (Å²) in [5.74, 6) is 0.892. The van der Waals surface area contributed by atoms with Crippen LogP contribution in [0.4, 0.5) is 0 Å². The zero-order chi connectivity index (χ0) is 13.8. The van der Waals surface area contributed by atoms with Gasteiger partial charge in [0.05, 0.1) is 0 Å². The monoisotopic (exact) mass is 271 g/mol. The minimum Gasteiger partial charge on any atom is -0.489 e. The molecule has 0 saturated carbocycles. The van der Waals surface area contributed by atoms with Crippen molar-refractivity contribution in [3.63, 3.8) is 0 Å². The molecule has 2 aromatic rings. The van der Waals surface area contributed by atoms with E-state index in [1.165, 1.54) is 5.56 Å². The van der Waals surface area contributed by atoms with Gasteiger partial charge in [-0.15, -0.1) is 0 Å². The summed E-state index contributed by atoms with van der Waals surface area (Å²) in [6.07, 6.45) is 0. The lowest BCUT2D eigenvalue weighted by molar-refractivity contribution is 0.304. The first kappa shape index (κ1) is 13.6. The van der Waals surface area contributed by atoms with Crippen LogP contribution >= 0.6 is 12.2 Å². The molecular weight excluding hydrogens is 254 g/mol. The van der Waals surface area contributed by atoms with E-state index >= 15 is 0 Å². The average molecular weight is 271 g/mol. The van der Waals surface area contributed by atoms with Crippen molar-refractivity contribution in [2.24, 2.45) is 5.73 Å². The van der Waals surface area contributed by atoms with Crippen LogP contribution in [0, 0.1) is 13.8 Å². The molecule has 0 spiro atoms.